The molecule has 2 aromatic rings. The molecule has 178 valence electrons. The van der Waals surface area contributed by atoms with Gasteiger partial charge in [0.25, 0.3) is 5.91 Å². The number of hydrogen-bond donors (Lipinski definition) is 0. The summed E-state index contributed by atoms with van der Waals surface area (Å²) in [5.74, 6) is 0.703. The first-order valence-electron chi connectivity index (χ1n) is 11.6. The number of amides is 1. The molecule has 0 bridgehead atoms. The molecule has 2 atom stereocenters. The number of rotatable bonds is 5. The Balaban J connectivity index is 1.53. The van der Waals surface area contributed by atoms with Gasteiger partial charge in [0.2, 0.25) is 10.0 Å². The standard InChI is InChI=1S/C25H33N3O4S/c1-19-15-20(2)18-28(17-19)33(30,31)24-16-21(9-10-23(24)32-3)25(29)27-13-11-26(12-14-27)22-7-5-4-6-8-22/h4-10,16,19-20H,11-15,17-18H2,1-3H3/t19-,20-/m0/s1. The minimum absolute atomic E-state index is 0.0695. The summed E-state index contributed by atoms with van der Waals surface area (Å²) in [6, 6.07) is 14.9. The summed E-state index contributed by atoms with van der Waals surface area (Å²) >= 11 is 0. The fraction of sp³-hybridized carbons (Fsp3) is 0.480. The van der Waals surface area contributed by atoms with Gasteiger partial charge in [0, 0.05) is 50.5 Å². The van der Waals surface area contributed by atoms with Gasteiger partial charge < -0.3 is 14.5 Å². The second-order valence-electron chi connectivity index (χ2n) is 9.25. The number of piperazine rings is 1. The van der Waals surface area contributed by atoms with Gasteiger partial charge in [0.05, 0.1) is 7.11 Å². The molecule has 1 amide bonds. The summed E-state index contributed by atoms with van der Waals surface area (Å²) in [6.45, 7) is 7.76. The van der Waals surface area contributed by atoms with Crippen molar-refractivity contribution in [1.82, 2.24) is 9.21 Å². The van der Waals surface area contributed by atoms with Crippen LogP contribution >= 0.6 is 0 Å². The quantitative estimate of drug-likeness (QED) is 0.669. The van der Waals surface area contributed by atoms with Gasteiger partial charge in [0.15, 0.2) is 0 Å². The van der Waals surface area contributed by atoms with E-state index in [-0.39, 0.29) is 16.6 Å². The van der Waals surface area contributed by atoms with Crippen molar-refractivity contribution in [3.05, 3.63) is 54.1 Å². The summed E-state index contributed by atoms with van der Waals surface area (Å²) in [4.78, 5) is 17.4. The van der Waals surface area contributed by atoms with E-state index in [2.05, 4.69) is 30.9 Å². The molecule has 0 aliphatic carbocycles. The van der Waals surface area contributed by atoms with Gasteiger partial charge in [-0.05, 0) is 48.6 Å². The van der Waals surface area contributed by atoms with Crippen molar-refractivity contribution in [2.45, 2.75) is 25.2 Å². The number of methoxy groups -OCH3 is 1. The zero-order valence-electron chi connectivity index (χ0n) is 19.6. The Labute approximate surface area is 197 Å². The van der Waals surface area contributed by atoms with Crippen LogP contribution in [0.3, 0.4) is 0 Å². The third kappa shape index (κ3) is 5.01. The Morgan fingerprint density at radius 1 is 0.939 bits per heavy atom. The third-order valence-corrected chi connectivity index (χ3v) is 8.40. The number of para-hydroxylation sites is 1. The average Bonchev–Trinajstić information content (AvgIpc) is 2.83. The van der Waals surface area contributed by atoms with Gasteiger partial charge in [0.1, 0.15) is 10.6 Å². The van der Waals surface area contributed by atoms with Crippen LogP contribution in [0.15, 0.2) is 53.4 Å². The van der Waals surface area contributed by atoms with Crippen LogP contribution in [0.5, 0.6) is 5.75 Å². The van der Waals surface area contributed by atoms with Crippen molar-refractivity contribution in [1.29, 1.82) is 0 Å². The Bertz CT molecular complexity index is 1070. The molecule has 4 rings (SSSR count). The molecule has 2 aliphatic heterocycles. The highest BCUT2D eigenvalue weighted by Crippen LogP contribution is 2.32. The summed E-state index contributed by atoms with van der Waals surface area (Å²) < 4.78 is 34.0. The van der Waals surface area contributed by atoms with E-state index in [0.29, 0.717) is 43.6 Å². The van der Waals surface area contributed by atoms with Crippen molar-refractivity contribution < 1.29 is 17.9 Å². The largest absolute Gasteiger partial charge is 0.495 e. The lowest BCUT2D eigenvalue weighted by Crippen LogP contribution is -2.48. The van der Waals surface area contributed by atoms with Crippen LogP contribution in [0.4, 0.5) is 5.69 Å². The van der Waals surface area contributed by atoms with Gasteiger partial charge in [-0.15, -0.1) is 0 Å². The molecule has 0 saturated carbocycles. The fourth-order valence-corrected chi connectivity index (χ4v) is 6.80. The topological polar surface area (TPSA) is 70.2 Å². The SMILES string of the molecule is COc1ccc(C(=O)N2CCN(c3ccccc3)CC2)cc1S(=O)(=O)N1C[C@@H](C)C[C@H](C)C1. The molecular formula is C25H33N3O4S. The molecule has 2 saturated heterocycles. The maximum absolute atomic E-state index is 13.5. The number of nitrogens with zero attached hydrogens (tertiary/aromatic N) is 3. The van der Waals surface area contributed by atoms with E-state index in [1.54, 1.807) is 17.0 Å². The van der Waals surface area contributed by atoms with Crippen LogP contribution in [0.25, 0.3) is 0 Å². The Hall–Kier alpha value is -2.58. The first-order chi connectivity index (χ1) is 15.8. The third-order valence-electron chi connectivity index (χ3n) is 6.55. The summed E-state index contributed by atoms with van der Waals surface area (Å²) in [6.07, 6.45) is 1.01. The zero-order valence-corrected chi connectivity index (χ0v) is 20.4. The van der Waals surface area contributed by atoms with Crippen molar-refractivity contribution in [2.75, 3.05) is 51.3 Å². The number of carbonyl (C=O) groups excluding carboxylic acids is 1. The van der Waals surface area contributed by atoms with Crippen molar-refractivity contribution >= 4 is 21.6 Å². The molecule has 8 heteroatoms. The molecular weight excluding hydrogens is 438 g/mol. The highest BCUT2D eigenvalue weighted by molar-refractivity contribution is 7.89. The molecule has 2 heterocycles. The molecule has 7 nitrogen and oxygen atoms in total. The Morgan fingerprint density at radius 3 is 2.18 bits per heavy atom. The molecule has 0 N–H and O–H groups in total. The molecule has 2 aliphatic rings. The van der Waals surface area contributed by atoms with Crippen LogP contribution in [-0.4, -0.2) is 69.9 Å². The van der Waals surface area contributed by atoms with Gasteiger partial charge >= 0.3 is 0 Å². The normalized spacial score (nSPS) is 22.3. The lowest BCUT2D eigenvalue weighted by atomic mass is 9.94. The predicted octanol–water partition coefficient (Wildman–Crippen LogP) is 3.32. The summed E-state index contributed by atoms with van der Waals surface area (Å²) in [5, 5.41) is 0. The fourth-order valence-electron chi connectivity index (χ4n) is 4.94. The smallest absolute Gasteiger partial charge is 0.254 e. The van der Waals surface area contributed by atoms with Crippen molar-refractivity contribution in [2.24, 2.45) is 11.8 Å². The van der Waals surface area contributed by atoms with E-state index >= 15 is 0 Å². The molecule has 0 spiro atoms. The van der Waals surface area contributed by atoms with Crippen LogP contribution in [0.1, 0.15) is 30.6 Å². The monoisotopic (exact) mass is 471 g/mol. The maximum atomic E-state index is 13.5. The molecule has 0 aromatic heterocycles. The predicted molar refractivity (Wildman–Crippen MR) is 129 cm³/mol. The number of sulfonamides is 1. The number of anilines is 1. The number of ether oxygens (including phenoxy) is 1. The lowest BCUT2D eigenvalue weighted by Gasteiger charge is -2.36. The number of hydrogen-bond acceptors (Lipinski definition) is 5. The van der Waals surface area contributed by atoms with Crippen LogP contribution in [-0.2, 0) is 10.0 Å². The Morgan fingerprint density at radius 2 is 1.58 bits per heavy atom. The molecule has 2 aromatic carbocycles. The van der Waals surface area contributed by atoms with E-state index in [1.807, 2.05) is 18.2 Å². The lowest BCUT2D eigenvalue weighted by molar-refractivity contribution is 0.0746. The van der Waals surface area contributed by atoms with Gasteiger partial charge in [-0.3, -0.25) is 4.79 Å². The maximum Gasteiger partial charge on any atom is 0.254 e. The van der Waals surface area contributed by atoms with Crippen LogP contribution in [0, 0.1) is 11.8 Å². The van der Waals surface area contributed by atoms with E-state index in [9.17, 15) is 13.2 Å². The summed E-state index contributed by atoms with van der Waals surface area (Å²) in [7, 11) is -2.31. The summed E-state index contributed by atoms with van der Waals surface area (Å²) in [5.41, 5.74) is 1.52. The van der Waals surface area contributed by atoms with Crippen LogP contribution in [0.2, 0.25) is 0 Å². The van der Waals surface area contributed by atoms with E-state index in [0.717, 1.165) is 25.2 Å². The average molecular weight is 472 g/mol. The van der Waals surface area contributed by atoms with Crippen molar-refractivity contribution in [3.63, 3.8) is 0 Å². The second kappa shape index (κ2) is 9.73. The number of piperidine rings is 1. The van der Waals surface area contributed by atoms with E-state index < -0.39 is 10.0 Å². The van der Waals surface area contributed by atoms with Gasteiger partial charge in [-0.1, -0.05) is 32.0 Å². The highest BCUT2D eigenvalue weighted by Gasteiger charge is 2.34. The molecule has 2 fully saturated rings. The second-order valence-corrected chi connectivity index (χ2v) is 11.2. The molecule has 0 radical (unpaired) electrons. The number of benzene rings is 2. The Kier molecular flexibility index (Phi) is 6.95. The van der Waals surface area contributed by atoms with Crippen LogP contribution < -0.4 is 9.64 Å². The first kappa shape index (κ1) is 23.6. The number of carbonyl (C=O) groups is 1. The minimum Gasteiger partial charge on any atom is -0.495 e. The van der Waals surface area contributed by atoms with E-state index in [4.69, 9.17) is 4.74 Å². The minimum atomic E-state index is -3.77. The molecule has 33 heavy (non-hydrogen) atoms. The van der Waals surface area contributed by atoms with Gasteiger partial charge in [-0.2, -0.15) is 4.31 Å². The first-order valence-corrected chi connectivity index (χ1v) is 13.0. The van der Waals surface area contributed by atoms with Crippen molar-refractivity contribution in [3.8, 4) is 5.75 Å². The highest BCUT2D eigenvalue weighted by atomic mass is 32.2. The molecule has 0 unspecified atom stereocenters. The zero-order chi connectivity index (χ0) is 23.6. The van der Waals surface area contributed by atoms with E-state index in [1.165, 1.54) is 17.5 Å². The van der Waals surface area contributed by atoms with Gasteiger partial charge in [-0.25, -0.2) is 8.42 Å².